The summed E-state index contributed by atoms with van der Waals surface area (Å²) in [6.07, 6.45) is 1.43. The third-order valence-electron chi connectivity index (χ3n) is 2.11. The van der Waals surface area contributed by atoms with Crippen LogP contribution in [-0.4, -0.2) is 10.1 Å². The Balaban J connectivity index is 1.99. The van der Waals surface area contributed by atoms with Crippen LogP contribution in [0.25, 0.3) is 0 Å². The fourth-order valence-electron chi connectivity index (χ4n) is 1.31. The van der Waals surface area contributed by atoms with E-state index in [4.69, 9.17) is 16.7 Å². The number of nitrogens with one attached hydrogen (secondary N) is 1. The molecule has 1 heterocycles. The second kappa shape index (κ2) is 4.86. The van der Waals surface area contributed by atoms with E-state index in [1.807, 2.05) is 24.3 Å². The maximum absolute atomic E-state index is 9.08. The zero-order valence-electron chi connectivity index (χ0n) is 8.52. The number of hydrogen-bond acceptors (Lipinski definition) is 3. The topological polar surface area (TPSA) is 45.1 Å². The average molecular weight is 235 g/mol. The van der Waals surface area contributed by atoms with Crippen molar-refractivity contribution in [1.29, 1.82) is 0 Å². The van der Waals surface area contributed by atoms with Crippen LogP contribution < -0.4 is 5.32 Å². The van der Waals surface area contributed by atoms with Crippen molar-refractivity contribution in [3.05, 3.63) is 53.3 Å². The molecule has 0 unspecified atom stereocenters. The first kappa shape index (κ1) is 10.8. The molecule has 0 aliphatic heterocycles. The number of hydrogen-bond donors (Lipinski definition) is 2. The smallest absolute Gasteiger partial charge is 0.133 e. The Bertz CT molecular complexity index is 471. The highest BCUT2D eigenvalue weighted by molar-refractivity contribution is 6.30. The Morgan fingerprint density at radius 1 is 1.25 bits per heavy atom. The van der Waals surface area contributed by atoms with E-state index in [2.05, 4.69) is 10.3 Å². The van der Waals surface area contributed by atoms with Crippen molar-refractivity contribution in [3.63, 3.8) is 0 Å². The van der Waals surface area contributed by atoms with Crippen LogP contribution in [0.3, 0.4) is 0 Å². The van der Waals surface area contributed by atoms with Gasteiger partial charge >= 0.3 is 0 Å². The van der Waals surface area contributed by atoms with Gasteiger partial charge in [-0.15, -0.1) is 0 Å². The molecule has 0 saturated carbocycles. The molecule has 0 spiro atoms. The Morgan fingerprint density at radius 3 is 2.81 bits per heavy atom. The lowest BCUT2D eigenvalue weighted by Crippen LogP contribution is -2.00. The Kier molecular flexibility index (Phi) is 3.27. The molecule has 0 aliphatic rings. The summed E-state index contributed by atoms with van der Waals surface area (Å²) in [5, 5.41) is 13.0. The van der Waals surface area contributed by atoms with E-state index in [0.717, 1.165) is 11.4 Å². The van der Waals surface area contributed by atoms with E-state index in [0.29, 0.717) is 11.6 Å². The van der Waals surface area contributed by atoms with Crippen LogP contribution in [0.5, 0.6) is 5.75 Å². The fraction of sp³-hybridized carbons (Fsp3) is 0.0833. The second-order valence-corrected chi connectivity index (χ2v) is 3.81. The molecular weight excluding hydrogens is 224 g/mol. The third kappa shape index (κ3) is 2.87. The van der Waals surface area contributed by atoms with Crippen LogP contribution in [0.15, 0.2) is 42.6 Å². The van der Waals surface area contributed by atoms with Crippen molar-refractivity contribution in [2.45, 2.75) is 6.54 Å². The van der Waals surface area contributed by atoms with E-state index >= 15 is 0 Å². The summed E-state index contributed by atoms with van der Waals surface area (Å²) in [7, 11) is 0. The number of aromatic hydroxyl groups is 1. The summed E-state index contributed by atoms with van der Waals surface area (Å²) in [4.78, 5) is 4.07. The lowest BCUT2D eigenvalue weighted by molar-refractivity contribution is 0.472. The van der Waals surface area contributed by atoms with Crippen molar-refractivity contribution in [1.82, 2.24) is 4.98 Å². The van der Waals surface area contributed by atoms with E-state index < -0.39 is 0 Å². The van der Waals surface area contributed by atoms with E-state index in [1.54, 1.807) is 12.1 Å². The molecule has 0 amide bonds. The number of anilines is 1. The molecule has 2 aromatic rings. The van der Waals surface area contributed by atoms with Crippen LogP contribution >= 0.6 is 11.6 Å². The highest BCUT2D eigenvalue weighted by atomic mass is 35.5. The molecule has 16 heavy (non-hydrogen) atoms. The monoisotopic (exact) mass is 234 g/mol. The van der Waals surface area contributed by atoms with Crippen LogP contribution in [0, 0.1) is 0 Å². The van der Waals surface area contributed by atoms with Crippen molar-refractivity contribution in [3.8, 4) is 5.75 Å². The standard InChI is InChI=1S/C12H11ClN2O/c13-9-2-1-3-10(6-9)14-7-11-4-5-12(16)8-15-11/h1-6,8,14,16H,7H2. The van der Waals surface area contributed by atoms with Crippen LogP contribution in [-0.2, 0) is 6.54 Å². The van der Waals surface area contributed by atoms with Crippen molar-refractivity contribution in [2.75, 3.05) is 5.32 Å². The van der Waals surface area contributed by atoms with Gasteiger partial charge in [-0.3, -0.25) is 4.98 Å². The number of benzene rings is 1. The number of halogens is 1. The number of rotatable bonds is 3. The number of aromatic nitrogens is 1. The van der Waals surface area contributed by atoms with Gasteiger partial charge in [0, 0.05) is 10.7 Å². The predicted octanol–water partition coefficient (Wildman–Crippen LogP) is 3.05. The number of nitrogens with zero attached hydrogens (tertiary/aromatic N) is 1. The molecular formula is C12H11ClN2O. The summed E-state index contributed by atoms with van der Waals surface area (Å²) in [6.45, 7) is 0.598. The summed E-state index contributed by atoms with van der Waals surface area (Å²) in [5.74, 6) is 0.173. The minimum Gasteiger partial charge on any atom is -0.506 e. The number of pyridine rings is 1. The summed E-state index contributed by atoms with van der Waals surface area (Å²) >= 11 is 5.86. The Morgan fingerprint density at radius 2 is 2.12 bits per heavy atom. The average Bonchev–Trinajstić information content (AvgIpc) is 2.28. The molecule has 2 rings (SSSR count). The van der Waals surface area contributed by atoms with Gasteiger partial charge in [0.25, 0.3) is 0 Å². The Labute approximate surface area is 98.7 Å². The minimum atomic E-state index is 0.173. The minimum absolute atomic E-state index is 0.173. The van der Waals surface area contributed by atoms with Gasteiger partial charge in [0.1, 0.15) is 5.75 Å². The van der Waals surface area contributed by atoms with Crippen LogP contribution in [0.4, 0.5) is 5.69 Å². The van der Waals surface area contributed by atoms with Crippen molar-refractivity contribution in [2.24, 2.45) is 0 Å². The molecule has 1 aromatic heterocycles. The van der Waals surface area contributed by atoms with Gasteiger partial charge in [-0.1, -0.05) is 17.7 Å². The lowest BCUT2D eigenvalue weighted by Gasteiger charge is -2.06. The largest absolute Gasteiger partial charge is 0.506 e. The first-order valence-corrected chi connectivity index (χ1v) is 5.25. The zero-order valence-corrected chi connectivity index (χ0v) is 9.28. The van der Waals surface area contributed by atoms with Gasteiger partial charge in [-0.05, 0) is 30.3 Å². The SMILES string of the molecule is Oc1ccc(CNc2cccc(Cl)c2)nc1. The molecule has 0 bridgehead atoms. The third-order valence-corrected chi connectivity index (χ3v) is 2.34. The summed E-state index contributed by atoms with van der Waals surface area (Å²) < 4.78 is 0. The van der Waals surface area contributed by atoms with Gasteiger partial charge < -0.3 is 10.4 Å². The second-order valence-electron chi connectivity index (χ2n) is 3.37. The molecule has 82 valence electrons. The molecule has 4 heteroatoms. The first-order valence-electron chi connectivity index (χ1n) is 4.87. The quantitative estimate of drug-likeness (QED) is 0.858. The van der Waals surface area contributed by atoms with Gasteiger partial charge in [-0.2, -0.15) is 0 Å². The van der Waals surface area contributed by atoms with Crippen molar-refractivity contribution < 1.29 is 5.11 Å². The summed E-state index contributed by atoms with van der Waals surface area (Å²) in [5.41, 5.74) is 1.81. The van der Waals surface area contributed by atoms with Gasteiger partial charge in [0.2, 0.25) is 0 Å². The van der Waals surface area contributed by atoms with Crippen LogP contribution in [0.2, 0.25) is 5.02 Å². The Hall–Kier alpha value is -1.74. The zero-order chi connectivity index (χ0) is 11.4. The molecule has 0 saturated heterocycles. The molecule has 0 atom stereocenters. The molecule has 0 aliphatic carbocycles. The van der Waals surface area contributed by atoms with Gasteiger partial charge in [0.05, 0.1) is 18.4 Å². The first-order chi connectivity index (χ1) is 7.74. The summed E-state index contributed by atoms with van der Waals surface area (Å²) in [6, 6.07) is 10.9. The van der Waals surface area contributed by atoms with Gasteiger partial charge in [0.15, 0.2) is 0 Å². The predicted molar refractivity (Wildman–Crippen MR) is 64.7 cm³/mol. The molecule has 0 radical (unpaired) electrons. The van der Waals surface area contributed by atoms with Crippen LogP contribution in [0.1, 0.15) is 5.69 Å². The maximum atomic E-state index is 9.08. The van der Waals surface area contributed by atoms with E-state index in [9.17, 15) is 0 Å². The highest BCUT2D eigenvalue weighted by Crippen LogP contribution is 2.15. The highest BCUT2D eigenvalue weighted by Gasteiger charge is 1.96. The lowest BCUT2D eigenvalue weighted by atomic mass is 10.3. The maximum Gasteiger partial charge on any atom is 0.133 e. The van der Waals surface area contributed by atoms with Crippen molar-refractivity contribution >= 4 is 17.3 Å². The van der Waals surface area contributed by atoms with E-state index in [-0.39, 0.29) is 5.75 Å². The van der Waals surface area contributed by atoms with E-state index in [1.165, 1.54) is 6.20 Å². The van der Waals surface area contributed by atoms with Gasteiger partial charge in [-0.25, -0.2) is 0 Å². The molecule has 0 fully saturated rings. The fourth-order valence-corrected chi connectivity index (χ4v) is 1.50. The molecule has 3 nitrogen and oxygen atoms in total. The molecule has 2 N–H and O–H groups in total. The molecule has 1 aromatic carbocycles. The normalized spacial score (nSPS) is 10.1.